The Morgan fingerprint density at radius 3 is 0.370 bits per heavy atom. The third-order valence-electron chi connectivity index (χ3n) is 21.1. The minimum absolute atomic E-state index is 0.347. The smallest absolute Gasteiger partial charge is 0.408 e. The van der Waals surface area contributed by atoms with Crippen LogP contribution in [0.1, 0.15) is 217 Å². The summed E-state index contributed by atoms with van der Waals surface area (Å²) in [6.07, 6.45) is 0. The van der Waals surface area contributed by atoms with Crippen LogP contribution < -0.4 is 27.1 Å². The summed E-state index contributed by atoms with van der Waals surface area (Å²) in [5.74, 6) is 4.53. The predicted molar refractivity (Wildman–Crippen MR) is 385 cm³/mol. The van der Waals surface area contributed by atoms with Gasteiger partial charge < -0.3 is 27.1 Å². The molecule has 0 unspecified atom stereocenters. The van der Waals surface area contributed by atoms with Crippen molar-refractivity contribution in [3.63, 3.8) is 0 Å². The van der Waals surface area contributed by atoms with Gasteiger partial charge in [-0.3, -0.25) is 0 Å². The number of rotatable bonds is 0. The molecule has 478 valence electrons. The van der Waals surface area contributed by atoms with E-state index in [1.165, 1.54) is 66.8 Å². The average molecular weight is 1260 g/mol. The second kappa shape index (κ2) is 23.9. The largest absolute Gasteiger partial charge is 0.530 e. The van der Waals surface area contributed by atoms with Gasteiger partial charge in [0.2, 0.25) is 0 Å². The van der Waals surface area contributed by atoms with E-state index in [0.29, 0.717) is 0 Å². The van der Waals surface area contributed by atoms with Crippen molar-refractivity contribution in [2.75, 3.05) is 0 Å². The second-order valence-corrected chi connectivity index (χ2v) is 32.1. The Hall–Kier alpha value is -7.36. The van der Waals surface area contributed by atoms with Crippen molar-refractivity contribution < 1.29 is 27.1 Å². The Kier molecular flexibility index (Phi) is 17.2. The summed E-state index contributed by atoms with van der Waals surface area (Å²) in [6, 6.07) is 55.0. The summed E-state index contributed by atoms with van der Waals surface area (Å²) < 4.78 is 43.3. The van der Waals surface area contributed by atoms with Gasteiger partial charge >= 0.3 is 17.2 Å². The number of benzene rings is 9. The molecule has 42 aliphatic rings. The van der Waals surface area contributed by atoms with Crippen LogP contribution in [0.5, 0.6) is 34.5 Å². The van der Waals surface area contributed by atoms with Crippen molar-refractivity contribution in [3.8, 4) is 34.5 Å². The molecule has 0 aliphatic carbocycles. The molecule has 9 aromatic carbocycles. The lowest BCUT2D eigenvalue weighted by molar-refractivity contribution is 0.380. The maximum Gasteiger partial charge on any atom is 0.530 e. The van der Waals surface area contributed by atoms with Gasteiger partial charge in [-0.1, -0.05) is 229 Å². The van der Waals surface area contributed by atoms with Gasteiger partial charge in [-0.2, -0.15) is 0 Å². The SMILES string of the molecule is Cc1cc2cc(C)c1OP1Oc3c(C)cc(cc3C)C(C)(C)c3ccc(cc3)C(C)(C)c3cc(C)c(c(C)c3)OP(Oc3c(C)cc(cc3C)C(C)(C)c3ccc(cc3)C2(C)C)Oc2c(C)cc(cc2C)C(C)(C)c2ccc(cc2)C(C)(C)c2cc(C)c(c(C)c2)O1. The summed E-state index contributed by atoms with van der Waals surface area (Å²) in [5, 5.41) is 0. The van der Waals surface area contributed by atoms with Crippen molar-refractivity contribution in [2.24, 2.45) is 0 Å². The van der Waals surface area contributed by atoms with Crippen LogP contribution in [0.4, 0.5) is 0 Å². The number of hydrogen-bond acceptors (Lipinski definition) is 6. The van der Waals surface area contributed by atoms with Gasteiger partial charge in [-0.25, -0.2) is 0 Å². The topological polar surface area (TPSA) is 55.4 Å². The highest BCUT2D eigenvalue weighted by Crippen LogP contribution is 2.53. The first-order chi connectivity index (χ1) is 43.0. The minimum Gasteiger partial charge on any atom is -0.408 e. The van der Waals surface area contributed by atoms with Crippen molar-refractivity contribution >= 4 is 17.2 Å². The molecule has 0 N–H and O–H groups in total. The lowest BCUT2D eigenvalue weighted by atomic mass is 9.74. The summed E-state index contributed by atoms with van der Waals surface area (Å²) in [5.41, 5.74) is 24.5. The van der Waals surface area contributed by atoms with Gasteiger partial charge in [-0.15, -0.1) is 0 Å². The Morgan fingerprint density at radius 1 is 0.174 bits per heavy atom. The summed E-state index contributed by atoms with van der Waals surface area (Å²) in [6.45, 7) is 53.5. The number of aryl methyl sites for hydroxylation is 12. The first-order valence-electron chi connectivity index (χ1n) is 32.7. The molecule has 0 saturated heterocycles. The van der Waals surface area contributed by atoms with Crippen LogP contribution in [-0.2, 0) is 32.5 Å². The van der Waals surface area contributed by atoms with E-state index in [2.05, 4.69) is 312 Å². The van der Waals surface area contributed by atoms with Gasteiger partial charge in [0.1, 0.15) is 34.5 Å². The molecular formula is C84H96O6P2. The molecule has 9 aromatic rings. The summed E-state index contributed by atoms with van der Waals surface area (Å²) in [4.78, 5) is 0. The normalized spacial score (nSPS) is 18.4. The number of hydrogen-bond donors (Lipinski definition) is 0. The molecule has 0 saturated carbocycles. The molecule has 0 fully saturated rings. The molecule has 0 amide bonds. The lowest BCUT2D eigenvalue weighted by Crippen LogP contribution is -2.22. The van der Waals surface area contributed by atoms with E-state index < -0.39 is 17.2 Å². The molecule has 6 nitrogen and oxygen atoms in total. The van der Waals surface area contributed by atoms with Crippen LogP contribution in [0.15, 0.2) is 146 Å². The molecular weight excluding hydrogens is 1170 g/mol. The van der Waals surface area contributed by atoms with E-state index in [1.807, 2.05) is 0 Å². The molecule has 0 aromatic heterocycles. The van der Waals surface area contributed by atoms with Crippen LogP contribution in [0.25, 0.3) is 0 Å². The van der Waals surface area contributed by atoms with Gasteiger partial charge in [0.15, 0.2) is 0 Å². The fourth-order valence-electron chi connectivity index (χ4n) is 14.2. The first kappa shape index (κ1) is 66.1. The average Bonchev–Trinajstić information content (AvgIpc) is 0.800. The van der Waals surface area contributed by atoms with Crippen molar-refractivity contribution in [2.45, 2.75) is 199 Å². The standard InChI is InChI=1S/C84H96O6P2/c1-49-37-67-38-50(2)73(49)85-91-86-74-51(3)39-68(40-52(74)4)81(17,18)63-29-33-65(34-30-63)83(21,22)71-45-57(9)77(58(10)46-71)89-92(88-76-55(7)43-70(44-56(76)8)80(15,16)62-27-25-61(26-28-62)79(67,13)14)90-78-59(11)47-72(48-60(78)12)84(23,24)66-35-31-64(32-36-66)82(19,20)69-41-53(5)75(87-91)54(6)42-69/h25-48H,1-24H3. The highest BCUT2D eigenvalue weighted by atomic mass is 31.2. The predicted octanol–water partition coefficient (Wildman–Crippen LogP) is 23.5. The van der Waals surface area contributed by atoms with Crippen LogP contribution in [0.2, 0.25) is 0 Å². The van der Waals surface area contributed by atoms with E-state index in [0.717, 1.165) is 101 Å². The third kappa shape index (κ3) is 12.0. The summed E-state index contributed by atoms with van der Waals surface area (Å²) in [7, 11) is -4.14. The van der Waals surface area contributed by atoms with Crippen molar-refractivity contribution in [1.29, 1.82) is 0 Å². The fraction of sp³-hybridized carbons (Fsp3) is 0.357. The highest BCUT2D eigenvalue weighted by Gasteiger charge is 2.36. The van der Waals surface area contributed by atoms with Crippen molar-refractivity contribution in [1.82, 2.24) is 0 Å². The van der Waals surface area contributed by atoms with E-state index in [9.17, 15) is 0 Å². The van der Waals surface area contributed by atoms with Crippen LogP contribution in [0.3, 0.4) is 0 Å². The third-order valence-corrected chi connectivity index (χ3v) is 23.1. The maximum absolute atomic E-state index is 7.22. The highest BCUT2D eigenvalue weighted by molar-refractivity contribution is 7.43. The fourth-order valence-corrected chi connectivity index (χ4v) is 17.0. The molecule has 0 atom stereocenters. The zero-order valence-electron chi connectivity index (χ0n) is 59.2. The Balaban J connectivity index is 1.13. The zero-order valence-corrected chi connectivity index (χ0v) is 61.0. The molecule has 0 spiro atoms. The summed E-state index contributed by atoms with van der Waals surface area (Å²) >= 11 is 0. The second-order valence-electron chi connectivity index (χ2n) is 30.1. The molecule has 92 heavy (non-hydrogen) atoms. The van der Waals surface area contributed by atoms with E-state index in [-0.39, 0.29) is 32.5 Å². The maximum atomic E-state index is 7.22. The van der Waals surface area contributed by atoms with Crippen LogP contribution in [0, 0.1) is 83.1 Å². The first-order valence-corrected chi connectivity index (χ1v) is 34.9. The molecule has 8 heteroatoms. The molecule has 42 heterocycles. The van der Waals surface area contributed by atoms with Gasteiger partial charge in [0, 0.05) is 32.5 Å². The Labute approximate surface area is 553 Å². The minimum atomic E-state index is -2.07. The molecule has 42 aliphatic heterocycles. The van der Waals surface area contributed by atoms with Gasteiger partial charge in [0.05, 0.1) is 0 Å². The molecule has 51 rings (SSSR count). The van der Waals surface area contributed by atoms with E-state index in [4.69, 9.17) is 27.1 Å². The van der Waals surface area contributed by atoms with Gasteiger partial charge in [-0.05, 0) is 217 Å². The van der Waals surface area contributed by atoms with E-state index in [1.54, 1.807) is 0 Å². The molecule has 20 bridgehead atoms. The molecule has 0 radical (unpaired) electrons. The monoisotopic (exact) mass is 1260 g/mol. The Morgan fingerprint density at radius 2 is 0.272 bits per heavy atom. The van der Waals surface area contributed by atoms with Crippen LogP contribution in [-0.4, -0.2) is 0 Å². The zero-order chi connectivity index (χ0) is 66.7. The quantitative estimate of drug-likeness (QED) is 0.141. The van der Waals surface area contributed by atoms with Gasteiger partial charge in [0.25, 0.3) is 0 Å². The lowest BCUT2D eigenvalue weighted by Gasteiger charge is -2.32. The Bertz CT molecular complexity index is 3490. The van der Waals surface area contributed by atoms with Crippen molar-refractivity contribution in [3.05, 3.63) is 279 Å². The van der Waals surface area contributed by atoms with E-state index >= 15 is 0 Å². The van der Waals surface area contributed by atoms with Crippen LogP contribution >= 0.6 is 17.2 Å².